The first kappa shape index (κ1) is 19.2. The van der Waals surface area contributed by atoms with Crippen LogP contribution in [0.2, 0.25) is 5.02 Å². The molecule has 151 valence electrons. The third-order valence-corrected chi connectivity index (χ3v) is 6.04. The molecule has 2 aromatic carbocycles. The molecule has 8 heteroatoms. The normalized spacial score (nSPS) is 16.6. The highest BCUT2D eigenvalue weighted by Gasteiger charge is 2.25. The summed E-state index contributed by atoms with van der Waals surface area (Å²) in [4.78, 5) is 17.6. The molecule has 1 aliphatic heterocycles. The van der Waals surface area contributed by atoms with Crippen molar-refractivity contribution < 1.29 is 9.53 Å². The number of halogens is 1. The van der Waals surface area contributed by atoms with Crippen molar-refractivity contribution in [1.29, 1.82) is 0 Å². The minimum Gasteiger partial charge on any atom is -0.358 e. The van der Waals surface area contributed by atoms with Gasteiger partial charge < -0.3 is 9.30 Å². The van der Waals surface area contributed by atoms with Gasteiger partial charge in [-0.1, -0.05) is 41.9 Å². The lowest BCUT2D eigenvalue weighted by Crippen LogP contribution is -2.24. The van der Waals surface area contributed by atoms with Gasteiger partial charge in [0.15, 0.2) is 5.82 Å². The number of fused-ring (bicyclic) bond motifs is 1. The molecular formula is C22H18ClN4O2S. The number of para-hydroxylation sites is 1. The van der Waals surface area contributed by atoms with Gasteiger partial charge in [-0.2, -0.15) is 9.36 Å². The molecule has 0 bridgehead atoms. The van der Waals surface area contributed by atoms with Crippen molar-refractivity contribution in [1.82, 2.24) is 13.9 Å². The maximum absolute atomic E-state index is 13.2. The van der Waals surface area contributed by atoms with Gasteiger partial charge in [0.05, 0.1) is 10.5 Å². The molecule has 1 aliphatic rings. The zero-order chi connectivity index (χ0) is 20.5. The Hall–Kier alpha value is -2.74. The zero-order valence-electron chi connectivity index (χ0n) is 16.0. The van der Waals surface area contributed by atoms with Crippen LogP contribution in [0.1, 0.15) is 36.0 Å². The predicted octanol–water partition coefficient (Wildman–Crippen LogP) is 5.56. The molecule has 30 heavy (non-hydrogen) atoms. The lowest BCUT2D eigenvalue weighted by atomic mass is 10.2. The summed E-state index contributed by atoms with van der Waals surface area (Å²) in [6, 6.07) is 18.4. The van der Waals surface area contributed by atoms with E-state index in [0.717, 1.165) is 47.3 Å². The molecule has 1 unspecified atom stereocenters. The number of hydrogen-bond donors (Lipinski definition) is 1. The minimum absolute atomic E-state index is 0.177. The SMILES string of the molecule is O=C(Nc1nc(-c2ccccc2Cl)ns1)c1[c]c2ccccc2n1C1CCCCO1. The standard InChI is InChI=1S/C22H18ClN4O2S/c23-16-9-3-2-8-15(16)20-24-22(30-26-20)25-21(28)18-13-14-7-1-4-10-17(14)27(18)19-11-5-6-12-29-19/h1-4,7-10,19H,5-6,11-12H2,(H,24,25,26,28). The van der Waals surface area contributed by atoms with Crippen LogP contribution in [0.15, 0.2) is 48.5 Å². The Morgan fingerprint density at radius 3 is 2.87 bits per heavy atom. The van der Waals surface area contributed by atoms with Gasteiger partial charge in [0.1, 0.15) is 11.9 Å². The number of aromatic nitrogens is 3. The van der Waals surface area contributed by atoms with E-state index in [9.17, 15) is 4.79 Å². The van der Waals surface area contributed by atoms with Gasteiger partial charge in [0, 0.05) is 35.2 Å². The van der Waals surface area contributed by atoms with Crippen LogP contribution >= 0.6 is 23.1 Å². The highest BCUT2D eigenvalue weighted by Crippen LogP contribution is 2.31. The van der Waals surface area contributed by atoms with Crippen molar-refractivity contribution in [3.05, 3.63) is 65.3 Å². The fraction of sp³-hybridized carbons (Fsp3) is 0.227. The Morgan fingerprint density at radius 1 is 1.20 bits per heavy atom. The van der Waals surface area contributed by atoms with Crippen molar-refractivity contribution in [3.63, 3.8) is 0 Å². The van der Waals surface area contributed by atoms with Gasteiger partial charge in [0.25, 0.3) is 5.91 Å². The topological polar surface area (TPSA) is 69.0 Å². The molecule has 2 aromatic heterocycles. The lowest BCUT2D eigenvalue weighted by molar-refractivity contribution is -0.0301. The Bertz CT molecular complexity index is 1210. The van der Waals surface area contributed by atoms with E-state index in [2.05, 4.69) is 20.7 Å². The van der Waals surface area contributed by atoms with E-state index in [1.807, 2.05) is 47.0 Å². The van der Waals surface area contributed by atoms with E-state index in [1.54, 1.807) is 6.07 Å². The Kier molecular flexibility index (Phi) is 5.25. The maximum atomic E-state index is 13.2. The smallest absolute Gasteiger partial charge is 0.274 e. The summed E-state index contributed by atoms with van der Waals surface area (Å²) in [6.45, 7) is 0.690. The van der Waals surface area contributed by atoms with E-state index in [4.69, 9.17) is 16.3 Å². The number of amides is 1. The third kappa shape index (κ3) is 3.60. The van der Waals surface area contributed by atoms with Crippen LogP contribution in [0.25, 0.3) is 22.3 Å². The van der Waals surface area contributed by atoms with Gasteiger partial charge in [0.2, 0.25) is 5.13 Å². The Morgan fingerprint density at radius 2 is 2.03 bits per heavy atom. The molecule has 3 heterocycles. The van der Waals surface area contributed by atoms with Crippen LogP contribution in [-0.4, -0.2) is 26.4 Å². The number of nitrogens with one attached hydrogen (secondary N) is 1. The average molecular weight is 438 g/mol. The number of hydrogen-bond acceptors (Lipinski definition) is 5. The molecule has 4 aromatic rings. The summed E-state index contributed by atoms with van der Waals surface area (Å²) in [6.07, 6.45) is 2.79. The van der Waals surface area contributed by atoms with Crippen molar-refractivity contribution in [2.24, 2.45) is 0 Å². The summed E-state index contributed by atoms with van der Waals surface area (Å²) < 4.78 is 12.3. The third-order valence-electron chi connectivity index (χ3n) is 5.08. The van der Waals surface area contributed by atoms with Gasteiger partial charge in [-0.25, -0.2) is 0 Å². The fourth-order valence-electron chi connectivity index (χ4n) is 3.67. The van der Waals surface area contributed by atoms with E-state index >= 15 is 0 Å². The summed E-state index contributed by atoms with van der Waals surface area (Å²) in [5, 5.41) is 4.72. The van der Waals surface area contributed by atoms with Gasteiger partial charge in [-0.15, -0.1) is 0 Å². The van der Waals surface area contributed by atoms with Crippen LogP contribution < -0.4 is 5.32 Å². The monoisotopic (exact) mass is 437 g/mol. The van der Waals surface area contributed by atoms with Crippen LogP contribution in [0.4, 0.5) is 5.13 Å². The summed E-state index contributed by atoms with van der Waals surface area (Å²) in [5.41, 5.74) is 2.09. The van der Waals surface area contributed by atoms with Crippen LogP contribution in [0.3, 0.4) is 0 Å². The largest absolute Gasteiger partial charge is 0.358 e. The molecular weight excluding hydrogens is 420 g/mol. The Balaban J connectivity index is 1.46. The first-order chi connectivity index (χ1) is 14.7. The number of nitrogens with zero attached hydrogens (tertiary/aromatic N) is 3. The molecule has 6 nitrogen and oxygen atoms in total. The number of anilines is 1. The second-order valence-corrected chi connectivity index (χ2v) is 8.20. The molecule has 0 saturated carbocycles. The molecule has 1 radical (unpaired) electrons. The molecule has 1 amide bonds. The van der Waals surface area contributed by atoms with Crippen molar-refractivity contribution in [3.8, 4) is 11.4 Å². The van der Waals surface area contributed by atoms with E-state index < -0.39 is 0 Å². The van der Waals surface area contributed by atoms with Crippen molar-refractivity contribution >= 4 is 45.1 Å². The first-order valence-electron chi connectivity index (χ1n) is 9.74. The van der Waals surface area contributed by atoms with E-state index in [0.29, 0.717) is 28.3 Å². The van der Waals surface area contributed by atoms with Crippen LogP contribution in [0.5, 0.6) is 0 Å². The number of benzene rings is 2. The van der Waals surface area contributed by atoms with Gasteiger partial charge in [-0.05, 0) is 37.5 Å². The van der Waals surface area contributed by atoms with E-state index in [1.165, 1.54) is 0 Å². The molecule has 1 N–H and O–H groups in total. The number of carbonyl (C=O) groups is 1. The van der Waals surface area contributed by atoms with Gasteiger partial charge >= 0.3 is 0 Å². The quantitative estimate of drug-likeness (QED) is 0.453. The Labute approximate surface area is 182 Å². The van der Waals surface area contributed by atoms with Gasteiger partial charge in [-0.3, -0.25) is 10.1 Å². The van der Waals surface area contributed by atoms with E-state index in [-0.39, 0.29) is 12.1 Å². The maximum Gasteiger partial charge on any atom is 0.274 e. The van der Waals surface area contributed by atoms with Crippen molar-refractivity contribution in [2.75, 3.05) is 11.9 Å². The molecule has 0 aliphatic carbocycles. The minimum atomic E-state index is -0.290. The van der Waals surface area contributed by atoms with Crippen LogP contribution in [-0.2, 0) is 4.74 Å². The second-order valence-electron chi connectivity index (χ2n) is 7.04. The summed E-state index contributed by atoms with van der Waals surface area (Å²) in [7, 11) is 0. The van der Waals surface area contributed by atoms with Crippen LogP contribution in [0, 0.1) is 6.07 Å². The molecule has 5 rings (SSSR count). The predicted molar refractivity (Wildman–Crippen MR) is 118 cm³/mol. The fourth-order valence-corrected chi connectivity index (χ4v) is 4.47. The molecule has 1 atom stereocenters. The lowest BCUT2D eigenvalue weighted by Gasteiger charge is -2.26. The average Bonchev–Trinajstić information content (AvgIpc) is 3.39. The highest BCUT2D eigenvalue weighted by atomic mass is 35.5. The molecule has 1 fully saturated rings. The zero-order valence-corrected chi connectivity index (χ0v) is 17.5. The summed E-state index contributed by atoms with van der Waals surface area (Å²) >= 11 is 7.35. The van der Waals surface area contributed by atoms with Crippen molar-refractivity contribution in [2.45, 2.75) is 25.5 Å². The number of ether oxygens (including phenoxy) is 1. The molecule has 1 saturated heterocycles. The molecule has 0 spiro atoms. The second kappa shape index (κ2) is 8.18. The first-order valence-corrected chi connectivity index (χ1v) is 10.9. The number of carbonyl (C=O) groups excluding carboxylic acids is 1. The summed E-state index contributed by atoms with van der Waals surface area (Å²) in [5.74, 6) is 0.197. The number of rotatable bonds is 4. The highest BCUT2D eigenvalue weighted by molar-refractivity contribution is 7.10.